The number of phenols is 2. The number of halogens is 2. The van der Waals surface area contributed by atoms with Crippen molar-refractivity contribution >= 4 is 41.1 Å². The quantitative estimate of drug-likeness (QED) is 0.0765. The van der Waals surface area contributed by atoms with Crippen molar-refractivity contribution in [3.8, 4) is 11.5 Å². The van der Waals surface area contributed by atoms with E-state index in [1.54, 1.807) is 39.8 Å². The molecular weight excluding hydrogens is 931 g/mol. The zero-order chi connectivity index (χ0) is 50.9. The molecule has 4 rings (SSSR count). The molecule has 1 aromatic rings. The largest absolute Gasteiger partial charge is 0.505 e. The first kappa shape index (κ1) is 56.7. The van der Waals surface area contributed by atoms with Gasteiger partial charge in [0.1, 0.15) is 46.7 Å². The average molecular weight is 1000 g/mol. The molecular formula is C49H68Cl2O17. The molecule has 1 aromatic carbocycles. The van der Waals surface area contributed by atoms with Crippen LogP contribution in [-0.2, 0) is 49.2 Å². The molecule has 0 amide bonds. The minimum absolute atomic E-state index is 0.0137. The molecule has 0 aliphatic carbocycles. The Hall–Kier alpha value is -3.85. The third-order valence-corrected chi connectivity index (χ3v) is 13.0. The maximum Gasteiger partial charge on any atom is 0.342 e. The van der Waals surface area contributed by atoms with Gasteiger partial charge in [0.25, 0.3) is 0 Å². The molecule has 0 saturated carbocycles. The highest BCUT2D eigenvalue weighted by atomic mass is 35.5. The minimum atomic E-state index is -1.80. The molecule has 2 fully saturated rings. The van der Waals surface area contributed by atoms with Crippen molar-refractivity contribution in [2.24, 2.45) is 5.92 Å². The first-order chi connectivity index (χ1) is 31.9. The van der Waals surface area contributed by atoms with Crippen molar-refractivity contribution in [2.75, 3.05) is 6.61 Å². The molecule has 19 heteroatoms. The normalized spacial score (nSPS) is 35.6. The van der Waals surface area contributed by atoms with Crippen LogP contribution >= 0.6 is 23.2 Å². The number of rotatable bonds is 11. The van der Waals surface area contributed by atoms with Gasteiger partial charge in [-0.1, -0.05) is 79.9 Å². The summed E-state index contributed by atoms with van der Waals surface area (Å²) >= 11 is 12.2. The van der Waals surface area contributed by atoms with Crippen molar-refractivity contribution < 1.29 is 83.3 Å². The van der Waals surface area contributed by atoms with Crippen molar-refractivity contribution in [3.63, 3.8) is 0 Å². The number of aliphatic hydroxyl groups excluding tert-OH is 5. The molecule has 13 atom stereocenters. The third kappa shape index (κ3) is 13.7. The fourth-order valence-electron chi connectivity index (χ4n) is 8.27. The molecule has 3 aliphatic heterocycles. The topological polar surface area (TPSA) is 257 Å². The van der Waals surface area contributed by atoms with E-state index in [0.29, 0.717) is 24.8 Å². The van der Waals surface area contributed by atoms with Crippen LogP contribution in [0, 0.1) is 5.92 Å². The second kappa shape index (κ2) is 24.8. The Bertz CT molecular complexity index is 2110. The van der Waals surface area contributed by atoms with Crippen LogP contribution in [-0.4, -0.2) is 139 Å². The Balaban J connectivity index is 1.57. The molecule has 0 spiro atoms. The van der Waals surface area contributed by atoms with E-state index >= 15 is 0 Å². The molecule has 0 bridgehead atoms. The van der Waals surface area contributed by atoms with Gasteiger partial charge in [0, 0.05) is 19.3 Å². The van der Waals surface area contributed by atoms with Gasteiger partial charge in [0.15, 0.2) is 36.3 Å². The van der Waals surface area contributed by atoms with Crippen LogP contribution in [0.25, 0.3) is 0 Å². The highest BCUT2D eigenvalue weighted by Crippen LogP contribution is 2.45. The number of aromatic hydroxyl groups is 2. The lowest BCUT2D eigenvalue weighted by atomic mass is 9.88. The zero-order valence-electron chi connectivity index (χ0n) is 40.2. The van der Waals surface area contributed by atoms with Crippen LogP contribution in [0.4, 0.5) is 0 Å². The fourth-order valence-corrected chi connectivity index (χ4v) is 8.83. The average Bonchev–Trinajstić information content (AvgIpc) is 3.28. The van der Waals surface area contributed by atoms with Crippen LogP contribution in [0.1, 0.15) is 111 Å². The van der Waals surface area contributed by atoms with E-state index in [1.807, 2.05) is 45.9 Å². The minimum Gasteiger partial charge on any atom is -0.505 e. The van der Waals surface area contributed by atoms with E-state index in [2.05, 4.69) is 0 Å². The standard InChI is InChI=1S/C49H68Cl2O17/c1-11-28-21-24(5)32(53)17-15-14-16-29(22-62-47-40(58)38(56)43(26(7)63-47)66-46(61)33-31(13-3)34(50)37(55)35(51)36(33)54)45(60)65-30(12-2)19-18-23(4)20-25(6)42(28)67-48-41(59)39(57)44(64-27(8)52)49(9,10)68-48/h14-16,18,20-21,26,28,30,32,38-44,47-48,53-59H,11-13,17,19,22H2,1-10H3/b15-14+,23-18+,24-21+,25-20+,29-16+/t26-,28+,30+,32+,38-,39-,40+,41+,42+,43-,44+,47-,48-/m1/s1. The molecule has 0 unspecified atom stereocenters. The second-order valence-electron chi connectivity index (χ2n) is 17.9. The highest BCUT2D eigenvalue weighted by molar-refractivity contribution is 6.39. The van der Waals surface area contributed by atoms with Crippen LogP contribution in [0.5, 0.6) is 11.5 Å². The lowest BCUT2D eigenvalue weighted by Crippen LogP contribution is -2.64. The molecule has 68 heavy (non-hydrogen) atoms. The fraction of sp³-hybridized carbons (Fsp3) is 0.612. The summed E-state index contributed by atoms with van der Waals surface area (Å²) in [6.45, 7) is 16.4. The monoisotopic (exact) mass is 998 g/mol. The van der Waals surface area contributed by atoms with Crippen molar-refractivity contribution in [1.82, 2.24) is 0 Å². The Morgan fingerprint density at radius 2 is 1.53 bits per heavy atom. The predicted molar refractivity (Wildman–Crippen MR) is 250 cm³/mol. The van der Waals surface area contributed by atoms with Gasteiger partial charge < -0.3 is 68.9 Å². The number of aliphatic hydroxyl groups is 5. The lowest BCUT2D eigenvalue weighted by molar-refractivity contribution is -0.333. The summed E-state index contributed by atoms with van der Waals surface area (Å²) in [6.07, 6.45) is -3.71. The zero-order valence-corrected chi connectivity index (χ0v) is 41.7. The van der Waals surface area contributed by atoms with Crippen molar-refractivity contribution in [2.45, 2.75) is 181 Å². The number of hydrogen-bond donors (Lipinski definition) is 7. The van der Waals surface area contributed by atoms with Crippen LogP contribution in [0.2, 0.25) is 10.0 Å². The summed E-state index contributed by atoms with van der Waals surface area (Å²) < 4.78 is 41.1. The maximum absolute atomic E-state index is 13.8. The van der Waals surface area contributed by atoms with Gasteiger partial charge in [-0.05, 0) is 90.0 Å². The van der Waals surface area contributed by atoms with E-state index in [-0.39, 0.29) is 34.9 Å². The SMILES string of the molecule is CCc1c(Cl)c(O)c(Cl)c(O)c1C(=O)O[C@H]1[C@H](O)[C@H](O)[C@H](OC/C2=C\C=C\C[C@H](O)/C(C)=C/[C@H](CC)[C@@H](O[C@@H]3OC(C)(C)[C@@H](OC(C)=O)[C@H](O)[C@@H]3O)/C(C)=C/C(C)=C/C[C@H](CC)OC2=O)O[C@@H]1C. The number of ether oxygens (including phenoxy) is 7. The smallest absolute Gasteiger partial charge is 0.342 e. The molecule has 2 saturated heterocycles. The van der Waals surface area contributed by atoms with Gasteiger partial charge in [0.05, 0.1) is 35.5 Å². The number of carbonyl (C=O) groups is 3. The van der Waals surface area contributed by atoms with Gasteiger partial charge in [-0.15, -0.1) is 0 Å². The van der Waals surface area contributed by atoms with Gasteiger partial charge in [-0.2, -0.15) is 0 Å². The summed E-state index contributed by atoms with van der Waals surface area (Å²) in [6, 6.07) is 0. The molecule has 3 aliphatic rings. The molecule has 380 valence electrons. The summed E-state index contributed by atoms with van der Waals surface area (Å²) in [4.78, 5) is 39.0. The Morgan fingerprint density at radius 1 is 0.868 bits per heavy atom. The first-order valence-electron chi connectivity index (χ1n) is 22.8. The van der Waals surface area contributed by atoms with Crippen LogP contribution in [0.3, 0.4) is 0 Å². The Kier molecular flexibility index (Phi) is 20.7. The van der Waals surface area contributed by atoms with Gasteiger partial charge in [-0.3, -0.25) is 4.79 Å². The van der Waals surface area contributed by atoms with E-state index in [4.69, 9.17) is 56.4 Å². The number of cyclic esters (lactones) is 1. The van der Waals surface area contributed by atoms with Gasteiger partial charge in [0.2, 0.25) is 0 Å². The lowest BCUT2D eigenvalue weighted by Gasteiger charge is -2.47. The highest BCUT2D eigenvalue weighted by Gasteiger charge is 2.52. The van der Waals surface area contributed by atoms with Crippen LogP contribution < -0.4 is 0 Å². The van der Waals surface area contributed by atoms with Crippen LogP contribution in [0.15, 0.2) is 58.7 Å². The second-order valence-corrected chi connectivity index (χ2v) is 18.7. The third-order valence-electron chi connectivity index (χ3n) is 12.3. The summed E-state index contributed by atoms with van der Waals surface area (Å²) in [5.74, 6) is -4.29. The maximum atomic E-state index is 13.8. The van der Waals surface area contributed by atoms with Crippen molar-refractivity contribution in [3.05, 3.63) is 79.9 Å². The Labute approximate surface area is 407 Å². The van der Waals surface area contributed by atoms with E-state index in [9.17, 15) is 50.1 Å². The number of carbonyl (C=O) groups excluding carboxylic acids is 3. The summed E-state index contributed by atoms with van der Waals surface area (Å²) in [7, 11) is 0. The summed E-state index contributed by atoms with van der Waals surface area (Å²) in [5, 5.41) is 75.8. The molecule has 17 nitrogen and oxygen atoms in total. The van der Waals surface area contributed by atoms with Gasteiger partial charge >= 0.3 is 17.9 Å². The van der Waals surface area contributed by atoms with Gasteiger partial charge in [-0.25, -0.2) is 9.59 Å². The number of benzene rings is 1. The first-order valence-corrected chi connectivity index (χ1v) is 23.5. The summed E-state index contributed by atoms with van der Waals surface area (Å²) in [5.41, 5.74) is 0.522. The number of allylic oxidation sites excluding steroid dienone is 4. The van der Waals surface area contributed by atoms with E-state index in [1.165, 1.54) is 19.9 Å². The molecule has 0 aromatic heterocycles. The number of hydrogen-bond acceptors (Lipinski definition) is 17. The number of phenolic OH excluding ortho intramolecular Hbond substituents is 2. The molecule has 0 radical (unpaired) electrons. The predicted octanol–water partition coefficient (Wildman–Crippen LogP) is 5.97. The molecule has 7 N–H and O–H groups in total. The number of esters is 3. The Morgan fingerprint density at radius 3 is 2.15 bits per heavy atom. The molecule has 3 heterocycles. The van der Waals surface area contributed by atoms with E-state index < -0.39 is 126 Å². The van der Waals surface area contributed by atoms with E-state index in [0.717, 1.165) is 11.1 Å². The van der Waals surface area contributed by atoms with Crippen molar-refractivity contribution in [1.29, 1.82) is 0 Å².